The second kappa shape index (κ2) is 8.26. The van der Waals surface area contributed by atoms with E-state index in [4.69, 9.17) is 9.15 Å². The van der Waals surface area contributed by atoms with Crippen molar-refractivity contribution in [2.24, 2.45) is 0 Å². The van der Waals surface area contributed by atoms with E-state index in [9.17, 15) is 4.79 Å². The number of nitrogens with one attached hydrogen (secondary N) is 1. The van der Waals surface area contributed by atoms with Gasteiger partial charge >= 0.3 is 0 Å². The lowest BCUT2D eigenvalue weighted by atomic mass is 10.2. The maximum absolute atomic E-state index is 12.0. The fraction of sp³-hybridized carbons (Fsp3) is 0.235. The summed E-state index contributed by atoms with van der Waals surface area (Å²) in [4.78, 5) is 12.0. The summed E-state index contributed by atoms with van der Waals surface area (Å²) >= 11 is 4.48. The molecule has 1 N–H and O–H groups in total. The highest BCUT2D eigenvalue weighted by molar-refractivity contribution is 9.10. The lowest BCUT2D eigenvalue weighted by molar-refractivity contribution is 0.0995. The van der Waals surface area contributed by atoms with E-state index in [1.54, 1.807) is 12.1 Å². The molecule has 0 saturated carbocycles. The minimum absolute atomic E-state index is 0.211. The molecule has 25 heavy (non-hydrogen) atoms. The van der Waals surface area contributed by atoms with Crippen LogP contribution < -0.4 is 10.1 Å². The maximum atomic E-state index is 12.0. The summed E-state index contributed by atoms with van der Waals surface area (Å²) in [5, 5.41) is 11.9. The number of benzene rings is 1. The Morgan fingerprint density at radius 2 is 2.04 bits per heavy atom. The van der Waals surface area contributed by atoms with Crippen LogP contribution in [0.15, 0.2) is 45.5 Å². The smallest absolute Gasteiger partial charge is 0.293 e. The van der Waals surface area contributed by atoms with Gasteiger partial charge < -0.3 is 9.15 Å². The van der Waals surface area contributed by atoms with Gasteiger partial charge in [-0.2, -0.15) is 0 Å². The van der Waals surface area contributed by atoms with Gasteiger partial charge in [-0.05, 0) is 52.2 Å². The molecule has 0 radical (unpaired) electrons. The third-order valence-corrected chi connectivity index (χ3v) is 4.73. The molecule has 8 heteroatoms. The van der Waals surface area contributed by atoms with Gasteiger partial charge in [-0.3, -0.25) is 10.1 Å². The first-order chi connectivity index (χ1) is 12.1. The Labute approximate surface area is 157 Å². The van der Waals surface area contributed by atoms with Crippen LogP contribution in [0.3, 0.4) is 0 Å². The number of aryl methyl sites for hydroxylation is 1. The molecule has 130 valence electrons. The van der Waals surface area contributed by atoms with Gasteiger partial charge in [-0.25, -0.2) is 0 Å². The highest BCUT2D eigenvalue weighted by atomic mass is 79.9. The highest BCUT2D eigenvalue weighted by Crippen LogP contribution is 2.19. The number of rotatable bonds is 7. The molecule has 0 aliphatic heterocycles. The molecule has 6 nitrogen and oxygen atoms in total. The summed E-state index contributed by atoms with van der Waals surface area (Å²) in [6, 6.07) is 11.3. The van der Waals surface area contributed by atoms with Crippen LogP contribution in [0.1, 0.15) is 28.0 Å². The summed E-state index contributed by atoms with van der Waals surface area (Å²) in [6.07, 6.45) is 1.63. The zero-order valence-corrected chi connectivity index (χ0v) is 15.9. The number of halogens is 1. The SMILES string of the molecule is CCc1ccc(OCCc2nnc(NC(=O)c3ccc(Br)o3)s2)cc1. The summed E-state index contributed by atoms with van der Waals surface area (Å²) in [5.41, 5.74) is 1.28. The molecule has 0 atom stereocenters. The number of aromatic nitrogens is 2. The Bertz CT molecular complexity index is 845. The second-order valence-electron chi connectivity index (χ2n) is 5.15. The van der Waals surface area contributed by atoms with Gasteiger partial charge in [-0.1, -0.05) is 30.4 Å². The number of carbonyl (C=O) groups is 1. The van der Waals surface area contributed by atoms with Crippen LogP contribution in [0.5, 0.6) is 5.75 Å². The van der Waals surface area contributed by atoms with Crippen LogP contribution in [0, 0.1) is 0 Å². The van der Waals surface area contributed by atoms with Crippen molar-refractivity contribution in [1.29, 1.82) is 0 Å². The lowest BCUT2D eigenvalue weighted by Gasteiger charge is -2.05. The fourth-order valence-corrected chi connectivity index (χ4v) is 3.10. The molecule has 2 aromatic heterocycles. The van der Waals surface area contributed by atoms with Crippen LogP contribution in [-0.4, -0.2) is 22.7 Å². The van der Waals surface area contributed by atoms with Gasteiger partial charge in [0.2, 0.25) is 5.13 Å². The van der Waals surface area contributed by atoms with Gasteiger partial charge in [0.05, 0.1) is 6.61 Å². The first-order valence-corrected chi connectivity index (χ1v) is 9.36. The molecule has 0 aliphatic rings. The van der Waals surface area contributed by atoms with Crippen LogP contribution >= 0.6 is 27.3 Å². The standard InChI is InChI=1S/C17H16BrN3O3S/c1-2-11-3-5-12(6-4-11)23-10-9-15-20-21-17(25-15)19-16(22)13-7-8-14(18)24-13/h3-8H,2,9-10H2,1H3,(H,19,21,22). The number of furan rings is 1. The molecule has 0 fully saturated rings. The zero-order chi connectivity index (χ0) is 17.6. The van der Waals surface area contributed by atoms with Crippen LogP contribution in [0.25, 0.3) is 0 Å². The molecule has 3 rings (SSSR count). The number of carbonyl (C=O) groups excluding carboxylic acids is 1. The maximum Gasteiger partial charge on any atom is 0.293 e. The molecule has 0 unspecified atom stereocenters. The summed E-state index contributed by atoms with van der Waals surface area (Å²) in [6.45, 7) is 2.62. The first kappa shape index (κ1) is 17.6. The van der Waals surface area contributed by atoms with Crippen molar-refractivity contribution < 1.29 is 13.9 Å². The van der Waals surface area contributed by atoms with E-state index in [0.717, 1.165) is 17.2 Å². The Kier molecular flexibility index (Phi) is 5.83. The molecule has 1 amide bonds. The molecular weight excluding hydrogens is 406 g/mol. The Hall–Kier alpha value is -2.19. The monoisotopic (exact) mass is 421 g/mol. The van der Waals surface area contributed by atoms with E-state index in [1.807, 2.05) is 12.1 Å². The minimum atomic E-state index is -0.360. The number of hydrogen-bond acceptors (Lipinski definition) is 6. The van der Waals surface area contributed by atoms with Crippen molar-refractivity contribution in [1.82, 2.24) is 10.2 Å². The lowest BCUT2D eigenvalue weighted by Crippen LogP contribution is -2.10. The molecular formula is C17H16BrN3O3S. The van der Waals surface area contributed by atoms with E-state index in [2.05, 4.69) is 50.5 Å². The van der Waals surface area contributed by atoms with Gasteiger partial charge in [0, 0.05) is 6.42 Å². The first-order valence-electron chi connectivity index (χ1n) is 7.75. The number of hydrogen-bond donors (Lipinski definition) is 1. The molecule has 1 aromatic carbocycles. The topological polar surface area (TPSA) is 77.3 Å². The highest BCUT2D eigenvalue weighted by Gasteiger charge is 2.13. The predicted molar refractivity (Wildman–Crippen MR) is 99.3 cm³/mol. The largest absolute Gasteiger partial charge is 0.493 e. The number of anilines is 1. The average molecular weight is 422 g/mol. The van der Waals surface area contributed by atoms with Gasteiger partial charge in [0.25, 0.3) is 5.91 Å². The Morgan fingerprint density at radius 1 is 1.24 bits per heavy atom. The van der Waals surface area contributed by atoms with Gasteiger partial charge in [0.1, 0.15) is 10.8 Å². The molecule has 0 bridgehead atoms. The fourth-order valence-electron chi connectivity index (χ4n) is 2.08. The van der Waals surface area contributed by atoms with E-state index < -0.39 is 0 Å². The summed E-state index contributed by atoms with van der Waals surface area (Å²) in [7, 11) is 0. The second-order valence-corrected chi connectivity index (χ2v) is 7.00. The molecule has 0 spiro atoms. The van der Waals surface area contributed by atoms with Gasteiger partial charge in [0.15, 0.2) is 10.4 Å². The van der Waals surface area contributed by atoms with Crippen molar-refractivity contribution in [2.45, 2.75) is 19.8 Å². The van der Waals surface area contributed by atoms with E-state index in [0.29, 0.717) is 22.8 Å². The van der Waals surface area contributed by atoms with Crippen LogP contribution in [0.2, 0.25) is 0 Å². The van der Waals surface area contributed by atoms with Crippen LogP contribution in [-0.2, 0) is 12.8 Å². The Morgan fingerprint density at radius 3 is 2.72 bits per heavy atom. The number of nitrogens with zero attached hydrogens (tertiary/aromatic N) is 2. The molecule has 2 heterocycles. The number of ether oxygens (including phenoxy) is 1. The van der Waals surface area contributed by atoms with Gasteiger partial charge in [-0.15, -0.1) is 10.2 Å². The van der Waals surface area contributed by atoms with Crippen molar-refractivity contribution >= 4 is 38.3 Å². The Balaban J connectivity index is 1.48. The third kappa shape index (κ3) is 4.90. The van der Waals surface area contributed by atoms with E-state index in [-0.39, 0.29) is 11.7 Å². The van der Waals surface area contributed by atoms with Crippen molar-refractivity contribution in [2.75, 3.05) is 11.9 Å². The predicted octanol–water partition coefficient (Wildman–Crippen LogP) is 4.33. The molecule has 0 aliphatic carbocycles. The normalized spacial score (nSPS) is 10.6. The zero-order valence-electron chi connectivity index (χ0n) is 13.5. The van der Waals surface area contributed by atoms with Crippen molar-refractivity contribution in [3.05, 3.63) is 57.4 Å². The average Bonchev–Trinajstić information content (AvgIpc) is 3.24. The summed E-state index contributed by atoms with van der Waals surface area (Å²) < 4.78 is 11.4. The third-order valence-electron chi connectivity index (χ3n) is 3.40. The summed E-state index contributed by atoms with van der Waals surface area (Å²) in [5.74, 6) is 0.682. The molecule has 3 aromatic rings. The molecule has 0 saturated heterocycles. The van der Waals surface area contributed by atoms with E-state index in [1.165, 1.54) is 16.9 Å². The van der Waals surface area contributed by atoms with Crippen molar-refractivity contribution in [3.63, 3.8) is 0 Å². The van der Waals surface area contributed by atoms with E-state index >= 15 is 0 Å². The van der Waals surface area contributed by atoms with Crippen molar-refractivity contribution in [3.8, 4) is 5.75 Å². The van der Waals surface area contributed by atoms with Crippen LogP contribution in [0.4, 0.5) is 5.13 Å². The minimum Gasteiger partial charge on any atom is -0.493 e. The quantitative estimate of drug-likeness (QED) is 0.613. The number of amides is 1.